The zero-order valence-electron chi connectivity index (χ0n) is 11.1. The summed E-state index contributed by atoms with van der Waals surface area (Å²) in [6.45, 7) is 3.98. The molecule has 4 nitrogen and oxygen atoms in total. The van der Waals surface area contributed by atoms with Crippen molar-refractivity contribution >= 4 is 5.82 Å². The fourth-order valence-electron chi connectivity index (χ4n) is 1.80. The second-order valence-electron chi connectivity index (χ2n) is 4.17. The third-order valence-electron chi connectivity index (χ3n) is 2.71. The number of methoxy groups -OCH3 is 1. The van der Waals surface area contributed by atoms with Gasteiger partial charge in [0, 0.05) is 18.8 Å². The van der Waals surface area contributed by atoms with Crippen molar-refractivity contribution in [3.8, 4) is 17.1 Å². The van der Waals surface area contributed by atoms with Crippen molar-refractivity contribution in [2.75, 3.05) is 19.5 Å². The van der Waals surface area contributed by atoms with Crippen molar-refractivity contribution in [1.82, 2.24) is 9.97 Å². The molecule has 18 heavy (non-hydrogen) atoms. The highest BCUT2D eigenvalue weighted by Gasteiger charge is 2.10. The maximum Gasteiger partial charge on any atom is 0.165 e. The number of aromatic nitrogens is 2. The second-order valence-corrected chi connectivity index (χ2v) is 4.17. The smallest absolute Gasteiger partial charge is 0.165 e. The van der Waals surface area contributed by atoms with Crippen LogP contribution >= 0.6 is 0 Å². The molecule has 0 aliphatic heterocycles. The molecule has 0 amide bonds. The Balaban J connectivity index is 2.57. The molecule has 1 heterocycles. The number of hydrogen-bond acceptors (Lipinski definition) is 4. The SMILES string of the molecule is CNc1cc(C)nc(-c2ccc(C)cc2OC)n1. The molecule has 1 N–H and O–H groups in total. The Kier molecular flexibility index (Phi) is 3.46. The highest BCUT2D eigenvalue weighted by atomic mass is 16.5. The van der Waals surface area contributed by atoms with Gasteiger partial charge in [0.2, 0.25) is 0 Å². The standard InChI is InChI=1S/C14H17N3O/c1-9-5-6-11(12(7-9)18-4)14-16-10(2)8-13(15-3)17-14/h5-8H,1-4H3,(H,15,16,17). The van der Waals surface area contributed by atoms with Crippen LogP contribution in [0, 0.1) is 13.8 Å². The molecule has 1 aromatic heterocycles. The van der Waals surface area contributed by atoms with Crippen molar-refractivity contribution in [1.29, 1.82) is 0 Å². The second kappa shape index (κ2) is 5.04. The Morgan fingerprint density at radius 2 is 1.89 bits per heavy atom. The molecule has 0 aliphatic rings. The first-order chi connectivity index (χ1) is 8.63. The first kappa shape index (κ1) is 12.4. The van der Waals surface area contributed by atoms with Gasteiger partial charge in [-0.05, 0) is 31.5 Å². The number of ether oxygens (including phenoxy) is 1. The quantitative estimate of drug-likeness (QED) is 0.900. The lowest BCUT2D eigenvalue weighted by Crippen LogP contribution is -1.99. The molecule has 1 aromatic carbocycles. The summed E-state index contributed by atoms with van der Waals surface area (Å²) in [6.07, 6.45) is 0. The summed E-state index contributed by atoms with van der Waals surface area (Å²) in [7, 11) is 3.50. The van der Waals surface area contributed by atoms with E-state index in [9.17, 15) is 0 Å². The molecule has 4 heteroatoms. The minimum absolute atomic E-state index is 0.677. The lowest BCUT2D eigenvalue weighted by Gasteiger charge is -2.10. The van der Waals surface area contributed by atoms with E-state index in [4.69, 9.17) is 4.74 Å². The Morgan fingerprint density at radius 1 is 1.11 bits per heavy atom. The van der Waals surface area contributed by atoms with E-state index in [1.54, 1.807) is 7.11 Å². The zero-order valence-corrected chi connectivity index (χ0v) is 11.1. The van der Waals surface area contributed by atoms with E-state index in [0.29, 0.717) is 5.82 Å². The molecule has 0 aliphatic carbocycles. The molecule has 0 saturated carbocycles. The van der Waals surface area contributed by atoms with E-state index in [2.05, 4.69) is 15.3 Å². The number of nitrogens with one attached hydrogen (secondary N) is 1. The van der Waals surface area contributed by atoms with Crippen LogP contribution in [-0.4, -0.2) is 24.1 Å². The topological polar surface area (TPSA) is 47.0 Å². The Bertz CT molecular complexity index is 567. The van der Waals surface area contributed by atoms with E-state index in [0.717, 1.165) is 28.4 Å². The summed E-state index contributed by atoms with van der Waals surface area (Å²) in [5, 5.41) is 3.03. The Morgan fingerprint density at radius 3 is 2.56 bits per heavy atom. The van der Waals surface area contributed by atoms with Crippen LogP contribution in [0.5, 0.6) is 5.75 Å². The fourth-order valence-corrected chi connectivity index (χ4v) is 1.80. The van der Waals surface area contributed by atoms with Gasteiger partial charge in [0.1, 0.15) is 11.6 Å². The van der Waals surface area contributed by atoms with Crippen LogP contribution in [0.2, 0.25) is 0 Å². The van der Waals surface area contributed by atoms with Crippen molar-refractivity contribution in [3.05, 3.63) is 35.5 Å². The van der Waals surface area contributed by atoms with Crippen LogP contribution < -0.4 is 10.1 Å². The highest BCUT2D eigenvalue weighted by molar-refractivity contribution is 5.66. The molecule has 0 unspecified atom stereocenters. The van der Waals surface area contributed by atoms with Crippen LogP contribution in [0.3, 0.4) is 0 Å². The van der Waals surface area contributed by atoms with Gasteiger partial charge < -0.3 is 10.1 Å². The fraction of sp³-hybridized carbons (Fsp3) is 0.286. The van der Waals surface area contributed by atoms with Crippen molar-refractivity contribution in [3.63, 3.8) is 0 Å². The summed E-state index contributed by atoms with van der Waals surface area (Å²) in [5.74, 6) is 2.28. The summed E-state index contributed by atoms with van der Waals surface area (Å²) >= 11 is 0. The molecule has 2 aromatic rings. The Hall–Kier alpha value is -2.10. The van der Waals surface area contributed by atoms with Crippen LogP contribution in [0.1, 0.15) is 11.3 Å². The van der Waals surface area contributed by atoms with Crippen LogP contribution in [0.25, 0.3) is 11.4 Å². The van der Waals surface area contributed by atoms with E-state index in [1.165, 1.54) is 0 Å². The minimum atomic E-state index is 0.677. The van der Waals surface area contributed by atoms with Gasteiger partial charge in [0.15, 0.2) is 5.82 Å². The first-order valence-corrected chi connectivity index (χ1v) is 5.82. The molecule has 94 valence electrons. The van der Waals surface area contributed by atoms with Crippen LogP contribution in [-0.2, 0) is 0 Å². The maximum absolute atomic E-state index is 5.39. The maximum atomic E-state index is 5.39. The van der Waals surface area contributed by atoms with Crippen LogP contribution in [0.4, 0.5) is 5.82 Å². The van der Waals surface area contributed by atoms with Gasteiger partial charge in [-0.2, -0.15) is 0 Å². The summed E-state index contributed by atoms with van der Waals surface area (Å²) < 4.78 is 5.39. The number of hydrogen-bond donors (Lipinski definition) is 1. The van der Waals surface area contributed by atoms with Crippen molar-refractivity contribution in [2.24, 2.45) is 0 Å². The lowest BCUT2D eigenvalue weighted by molar-refractivity contribution is 0.416. The molecule has 0 fully saturated rings. The highest BCUT2D eigenvalue weighted by Crippen LogP contribution is 2.29. The molecular formula is C14H17N3O. The number of nitrogens with zero attached hydrogens (tertiary/aromatic N) is 2. The monoisotopic (exact) mass is 243 g/mol. The lowest BCUT2D eigenvalue weighted by atomic mass is 10.1. The average molecular weight is 243 g/mol. The molecule has 0 radical (unpaired) electrons. The van der Waals surface area contributed by atoms with E-state index in [1.807, 2.05) is 45.2 Å². The summed E-state index contributed by atoms with van der Waals surface area (Å²) in [5.41, 5.74) is 2.98. The van der Waals surface area contributed by atoms with Crippen molar-refractivity contribution < 1.29 is 4.74 Å². The zero-order chi connectivity index (χ0) is 13.1. The van der Waals surface area contributed by atoms with E-state index >= 15 is 0 Å². The largest absolute Gasteiger partial charge is 0.496 e. The number of anilines is 1. The van der Waals surface area contributed by atoms with Crippen molar-refractivity contribution in [2.45, 2.75) is 13.8 Å². The minimum Gasteiger partial charge on any atom is -0.496 e. The first-order valence-electron chi connectivity index (χ1n) is 5.82. The van der Waals surface area contributed by atoms with Gasteiger partial charge >= 0.3 is 0 Å². The van der Waals surface area contributed by atoms with Gasteiger partial charge in [0.25, 0.3) is 0 Å². The molecular weight excluding hydrogens is 226 g/mol. The normalized spacial score (nSPS) is 10.2. The Labute approximate surface area is 107 Å². The number of aryl methyl sites for hydroxylation is 2. The predicted octanol–water partition coefficient (Wildman–Crippen LogP) is 2.81. The van der Waals surface area contributed by atoms with Gasteiger partial charge in [-0.25, -0.2) is 9.97 Å². The van der Waals surface area contributed by atoms with E-state index < -0.39 is 0 Å². The third kappa shape index (κ3) is 2.42. The molecule has 2 rings (SSSR count). The molecule has 0 atom stereocenters. The number of rotatable bonds is 3. The summed E-state index contributed by atoms with van der Waals surface area (Å²) in [6, 6.07) is 7.91. The third-order valence-corrected chi connectivity index (χ3v) is 2.71. The van der Waals surface area contributed by atoms with E-state index in [-0.39, 0.29) is 0 Å². The van der Waals surface area contributed by atoms with Gasteiger partial charge in [0.05, 0.1) is 12.7 Å². The van der Waals surface area contributed by atoms with Gasteiger partial charge in [-0.3, -0.25) is 0 Å². The molecule has 0 spiro atoms. The number of benzene rings is 1. The molecule has 0 bridgehead atoms. The average Bonchev–Trinajstić information content (AvgIpc) is 2.37. The molecule has 0 saturated heterocycles. The van der Waals surface area contributed by atoms with Gasteiger partial charge in [-0.15, -0.1) is 0 Å². The van der Waals surface area contributed by atoms with Gasteiger partial charge in [-0.1, -0.05) is 6.07 Å². The van der Waals surface area contributed by atoms with Crippen LogP contribution in [0.15, 0.2) is 24.3 Å². The predicted molar refractivity (Wildman–Crippen MR) is 73.0 cm³/mol. The summed E-state index contributed by atoms with van der Waals surface area (Å²) in [4.78, 5) is 8.92.